The van der Waals surface area contributed by atoms with Crippen molar-refractivity contribution >= 4 is 11.3 Å². The molecule has 1 aliphatic carbocycles. The first kappa shape index (κ1) is 11.8. The summed E-state index contributed by atoms with van der Waals surface area (Å²) in [7, 11) is 0. The van der Waals surface area contributed by atoms with Gasteiger partial charge in [0, 0.05) is 28.9 Å². The first-order valence-corrected chi connectivity index (χ1v) is 7.76. The molecule has 20 heavy (non-hydrogen) atoms. The zero-order chi connectivity index (χ0) is 13.4. The third-order valence-electron chi connectivity index (χ3n) is 3.83. The van der Waals surface area contributed by atoms with Gasteiger partial charge in [-0.2, -0.15) is 0 Å². The van der Waals surface area contributed by atoms with Gasteiger partial charge >= 0.3 is 0 Å². The van der Waals surface area contributed by atoms with Crippen LogP contribution >= 0.6 is 11.3 Å². The molecular formula is C17H14N2S. The van der Waals surface area contributed by atoms with Gasteiger partial charge in [-0.05, 0) is 48.6 Å². The van der Waals surface area contributed by atoms with Crippen molar-refractivity contribution in [1.82, 2.24) is 9.97 Å². The van der Waals surface area contributed by atoms with Gasteiger partial charge in [-0.25, -0.2) is 4.98 Å². The maximum atomic E-state index is 4.77. The maximum absolute atomic E-state index is 4.77. The van der Waals surface area contributed by atoms with Crippen LogP contribution in [0.1, 0.15) is 17.5 Å². The summed E-state index contributed by atoms with van der Waals surface area (Å²) in [5.74, 6) is 0. The predicted octanol–water partition coefficient (Wildman–Crippen LogP) is 4.36. The van der Waals surface area contributed by atoms with Crippen LogP contribution < -0.4 is 0 Å². The van der Waals surface area contributed by atoms with Crippen LogP contribution in [0.15, 0.2) is 48.1 Å². The van der Waals surface area contributed by atoms with Crippen molar-refractivity contribution in [2.24, 2.45) is 0 Å². The highest BCUT2D eigenvalue weighted by molar-refractivity contribution is 7.13. The molecule has 98 valence electrons. The average molecular weight is 278 g/mol. The summed E-state index contributed by atoms with van der Waals surface area (Å²) in [6.07, 6.45) is 7.36. The Balaban J connectivity index is 1.72. The van der Waals surface area contributed by atoms with Crippen LogP contribution in [0.2, 0.25) is 0 Å². The fourth-order valence-electron chi connectivity index (χ4n) is 2.76. The monoisotopic (exact) mass is 278 g/mol. The number of hydrogen-bond acceptors (Lipinski definition) is 3. The van der Waals surface area contributed by atoms with E-state index in [0.29, 0.717) is 0 Å². The molecule has 0 spiro atoms. The molecule has 0 saturated carbocycles. The van der Waals surface area contributed by atoms with Gasteiger partial charge in [0.2, 0.25) is 0 Å². The van der Waals surface area contributed by atoms with E-state index in [0.717, 1.165) is 16.3 Å². The number of rotatable bonds is 2. The SMILES string of the molecule is c1cc(-c2nc(-c3ccc4c(c3)CCC4)cs2)ccn1. The number of aryl methyl sites for hydroxylation is 2. The largest absolute Gasteiger partial charge is 0.265 e. The first-order valence-electron chi connectivity index (χ1n) is 6.88. The van der Waals surface area contributed by atoms with Crippen molar-refractivity contribution in [2.45, 2.75) is 19.3 Å². The summed E-state index contributed by atoms with van der Waals surface area (Å²) in [6, 6.07) is 10.8. The van der Waals surface area contributed by atoms with E-state index in [1.54, 1.807) is 11.3 Å². The molecule has 1 aromatic carbocycles. The van der Waals surface area contributed by atoms with E-state index < -0.39 is 0 Å². The lowest BCUT2D eigenvalue weighted by atomic mass is 10.1. The molecule has 2 aromatic heterocycles. The lowest BCUT2D eigenvalue weighted by Crippen LogP contribution is -1.85. The van der Waals surface area contributed by atoms with E-state index in [-0.39, 0.29) is 0 Å². The molecule has 0 fully saturated rings. The number of hydrogen-bond donors (Lipinski definition) is 0. The van der Waals surface area contributed by atoms with Gasteiger partial charge in [0.05, 0.1) is 5.69 Å². The van der Waals surface area contributed by atoms with Crippen molar-refractivity contribution in [2.75, 3.05) is 0 Å². The molecule has 0 saturated heterocycles. The molecule has 0 amide bonds. The third-order valence-corrected chi connectivity index (χ3v) is 4.72. The summed E-state index contributed by atoms with van der Waals surface area (Å²) in [5, 5.41) is 3.20. The van der Waals surface area contributed by atoms with E-state index in [4.69, 9.17) is 4.98 Å². The number of nitrogens with zero attached hydrogens (tertiary/aromatic N) is 2. The van der Waals surface area contributed by atoms with Crippen LogP contribution in [0.4, 0.5) is 0 Å². The second kappa shape index (κ2) is 4.84. The lowest BCUT2D eigenvalue weighted by molar-refractivity contribution is 0.912. The molecular weight excluding hydrogens is 264 g/mol. The summed E-state index contributed by atoms with van der Waals surface area (Å²) in [6.45, 7) is 0. The highest BCUT2D eigenvalue weighted by Crippen LogP contribution is 2.31. The van der Waals surface area contributed by atoms with Crippen molar-refractivity contribution in [3.05, 3.63) is 59.2 Å². The van der Waals surface area contributed by atoms with Gasteiger partial charge in [0.1, 0.15) is 5.01 Å². The number of pyridine rings is 1. The molecule has 0 unspecified atom stereocenters. The number of aromatic nitrogens is 2. The molecule has 3 heteroatoms. The Kier molecular flexibility index (Phi) is 2.85. The van der Waals surface area contributed by atoms with Crippen LogP contribution in [0.3, 0.4) is 0 Å². The van der Waals surface area contributed by atoms with Crippen LogP contribution in [0, 0.1) is 0 Å². The quantitative estimate of drug-likeness (QED) is 0.696. The van der Waals surface area contributed by atoms with Gasteiger partial charge in [0.25, 0.3) is 0 Å². The average Bonchev–Trinajstić information content (AvgIpc) is 3.16. The number of fused-ring (bicyclic) bond motifs is 1. The third kappa shape index (κ3) is 2.04. The molecule has 0 radical (unpaired) electrons. The van der Waals surface area contributed by atoms with Crippen LogP contribution in [-0.2, 0) is 12.8 Å². The summed E-state index contributed by atoms with van der Waals surface area (Å²) >= 11 is 1.69. The zero-order valence-electron chi connectivity index (χ0n) is 11.0. The minimum Gasteiger partial charge on any atom is -0.265 e. The normalized spacial score (nSPS) is 13.4. The second-order valence-corrected chi connectivity index (χ2v) is 5.97. The van der Waals surface area contributed by atoms with Crippen LogP contribution in [0.5, 0.6) is 0 Å². The molecule has 0 aliphatic heterocycles. The number of benzene rings is 1. The molecule has 4 rings (SSSR count). The summed E-state index contributed by atoms with van der Waals surface area (Å²) in [4.78, 5) is 8.82. The van der Waals surface area contributed by atoms with E-state index in [1.807, 2.05) is 24.5 Å². The van der Waals surface area contributed by atoms with E-state index in [1.165, 1.54) is 36.0 Å². The first-order chi connectivity index (χ1) is 9.90. The summed E-state index contributed by atoms with van der Waals surface area (Å²) in [5.41, 5.74) is 6.47. The highest BCUT2D eigenvalue weighted by Gasteiger charge is 2.13. The Morgan fingerprint density at radius 3 is 2.65 bits per heavy atom. The maximum Gasteiger partial charge on any atom is 0.124 e. The van der Waals surface area contributed by atoms with Crippen molar-refractivity contribution in [3.63, 3.8) is 0 Å². The van der Waals surface area contributed by atoms with Gasteiger partial charge in [-0.3, -0.25) is 4.98 Å². The molecule has 0 atom stereocenters. The molecule has 0 bridgehead atoms. The minimum absolute atomic E-state index is 1.06. The topological polar surface area (TPSA) is 25.8 Å². The van der Waals surface area contributed by atoms with Crippen molar-refractivity contribution in [1.29, 1.82) is 0 Å². The fourth-order valence-corrected chi connectivity index (χ4v) is 3.60. The standard InChI is InChI=1S/C17H14N2S/c1-2-12-4-5-15(10-14(12)3-1)16-11-20-17(19-16)13-6-8-18-9-7-13/h4-11H,1-3H2. The highest BCUT2D eigenvalue weighted by atomic mass is 32.1. The predicted molar refractivity (Wildman–Crippen MR) is 82.8 cm³/mol. The van der Waals surface area contributed by atoms with E-state index in [9.17, 15) is 0 Å². The zero-order valence-corrected chi connectivity index (χ0v) is 11.9. The molecule has 2 heterocycles. The van der Waals surface area contributed by atoms with E-state index >= 15 is 0 Å². The van der Waals surface area contributed by atoms with Gasteiger partial charge in [-0.15, -0.1) is 11.3 Å². The van der Waals surface area contributed by atoms with Crippen LogP contribution in [0.25, 0.3) is 21.8 Å². The van der Waals surface area contributed by atoms with Gasteiger partial charge in [0.15, 0.2) is 0 Å². The Morgan fingerprint density at radius 1 is 0.900 bits per heavy atom. The lowest BCUT2D eigenvalue weighted by Gasteiger charge is -2.02. The van der Waals surface area contributed by atoms with Crippen molar-refractivity contribution < 1.29 is 0 Å². The van der Waals surface area contributed by atoms with Crippen molar-refractivity contribution in [3.8, 4) is 21.8 Å². The second-order valence-electron chi connectivity index (χ2n) is 5.11. The molecule has 0 N–H and O–H groups in total. The molecule has 3 aromatic rings. The number of thiazole rings is 1. The minimum atomic E-state index is 1.06. The Bertz CT molecular complexity index is 747. The Morgan fingerprint density at radius 2 is 1.75 bits per heavy atom. The molecule has 1 aliphatic rings. The fraction of sp³-hybridized carbons (Fsp3) is 0.176. The van der Waals surface area contributed by atoms with Gasteiger partial charge < -0.3 is 0 Å². The Hall–Kier alpha value is -2.00. The van der Waals surface area contributed by atoms with Gasteiger partial charge in [-0.1, -0.05) is 12.1 Å². The molecule has 2 nitrogen and oxygen atoms in total. The van der Waals surface area contributed by atoms with Crippen LogP contribution in [-0.4, -0.2) is 9.97 Å². The Labute approximate surface area is 122 Å². The van der Waals surface area contributed by atoms with E-state index in [2.05, 4.69) is 28.6 Å². The smallest absolute Gasteiger partial charge is 0.124 e. The summed E-state index contributed by atoms with van der Waals surface area (Å²) < 4.78 is 0.